The van der Waals surface area contributed by atoms with Crippen molar-refractivity contribution in [1.29, 1.82) is 0 Å². The molecule has 0 saturated heterocycles. The van der Waals surface area contributed by atoms with E-state index in [4.69, 9.17) is 0 Å². The van der Waals surface area contributed by atoms with Crippen molar-refractivity contribution in [1.82, 2.24) is 14.8 Å². The Kier molecular flexibility index (Phi) is 5.30. The summed E-state index contributed by atoms with van der Waals surface area (Å²) in [5, 5.41) is 0. The fourth-order valence-electron chi connectivity index (χ4n) is 1.66. The van der Waals surface area contributed by atoms with Crippen molar-refractivity contribution in [3.8, 4) is 0 Å². The van der Waals surface area contributed by atoms with Crippen LogP contribution in [0.4, 0.5) is 0 Å². The highest BCUT2D eigenvalue weighted by atomic mass is 16.2. The van der Waals surface area contributed by atoms with E-state index in [1.165, 1.54) is 11.1 Å². The Morgan fingerprint density at radius 3 is 2.44 bits per heavy atom. The second-order valence-corrected chi connectivity index (χ2v) is 3.97. The number of nitrogens with zero attached hydrogens (tertiary/aromatic N) is 3. The number of hydrogen-bond acceptors (Lipinski definition) is 3. The van der Waals surface area contributed by atoms with E-state index in [0.717, 1.165) is 0 Å². The molecule has 0 radical (unpaired) electrons. The number of carbonyl (C=O) groups is 2. The molecule has 0 aliphatic carbocycles. The fourth-order valence-corrected chi connectivity index (χ4v) is 1.66. The minimum Gasteiger partial charge on any atom is -0.342 e. The molecule has 1 rings (SSSR count). The summed E-state index contributed by atoms with van der Waals surface area (Å²) in [5.41, 5.74) is 0.493. The summed E-state index contributed by atoms with van der Waals surface area (Å²) >= 11 is 0. The van der Waals surface area contributed by atoms with Crippen molar-refractivity contribution in [2.24, 2.45) is 0 Å². The third kappa shape index (κ3) is 3.55. The predicted octanol–water partition coefficient (Wildman–Crippen LogP) is 1.02. The second kappa shape index (κ2) is 6.74. The number of likely N-dealkylation sites (N-methyl/N-ethyl adjacent to an activating group) is 2. The van der Waals surface area contributed by atoms with Crippen LogP contribution in [-0.2, 0) is 4.79 Å². The Labute approximate surface area is 107 Å². The lowest BCUT2D eigenvalue weighted by Crippen LogP contribution is -2.41. The Morgan fingerprint density at radius 1 is 1.28 bits per heavy atom. The summed E-state index contributed by atoms with van der Waals surface area (Å²) in [7, 11) is 1.62. The van der Waals surface area contributed by atoms with Crippen molar-refractivity contribution in [3.05, 3.63) is 30.1 Å². The Bertz CT molecular complexity index is 402. The smallest absolute Gasteiger partial charge is 0.255 e. The highest BCUT2D eigenvalue weighted by molar-refractivity contribution is 5.96. The van der Waals surface area contributed by atoms with Crippen molar-refractivity contribution in [2.75, 3.05) is 26.7 Å². The van der Waals surface area contributed by atoms with Gasteiger partial charge in [-0.15, -0.1) is 0 Å². The molecule has 0 aromatic carbocycles. The van der Waals surface area contributed by atoms with E-state index in [9.17, 15) is 9.59 Å². The zero-order valence-electron chi connectivity index (χ0n) is 11.1. The monoisotopic (exact) mass is 249 g/mol. The zero-order chi connectivity index (χ0) is 13.5. The molecule has 0 saturated carbocycles. The van der Waals surface area contributed by atoms with Crippen LogP contribution in [0.2, 0.25) is 0 Å². The van der Waals surface area contributed by atoms with Gasteiger partial charge in [0.1, 0.15) is 0 Å². The maximum atomic E-state index is 12.0. The molecular formula is C13H19N3O2. The van der Waals surface area contributed by atoms with Gasteiger partial charge in [0.2, 0.25) is 5.91 Å². The van der Waals surface area contributed by atoms with Gasteiger partial charge in [-0.2, -0.15) is 0 Å². The molecule has 0 N–H and O–H groups in total. The van der Waals surface area contributed by atoms with E-state index < -0.39 is 0 Å². The number of aromatic nitrogens is 1. The van der Waals surface area contributed by atoms with Gasteiger partial charge in [0.15, 0.2) is 0 Å². The molecule has 1 aromatic rings. The van der Waals surface area contributed by atoms with Gasteiger partial charge in [-0.1, -0.05) is 0 Å². The van der Waals surface area contributed by atoms with E-state index in [0.29, 0.717) is 18.7 Å². The summed E-state index contributed by atoms with van der Waals surface area (Å²) in [6.07, 6.45) is 3.11. The molecule has 18 heavy (non-hydrogen) atoms. The third-order valence-corrected chi connectivity index (χ3v) is 2.74. The normalized spacial score (nSPS) is 9.94. The van der Waals surface area contributed by atoms with Gasteiger partial charge in [0.25, 0.3) is 5.91 Å². The lowest BCUT2D eigenvalue weighted by atomic mass is 10.2. The fraction of sp³-hybridized carbons (Fsp3) is 0.462. The number of amides is 2. The second-order valence-electron chi connectivity index (χ2n) is 3.97. The predicted molar refractivity (Wildman–Crippen MR) is 69.1 cm³/mol. The first-order chi connectivity index (χ1) is 8.60. The molecule has 0 aliphatic heterocycles. The molecule has 5 nitrogen and oxygen atoms in total. The lowest BCUT2D eigenvalue weighted by molar-refractivity contribution is -0.131. The summed E-state index contributed by atoms with van der Waals surface area (Å²) in [5.74, 6) is -0.233. The number of rotatable bonds is 5. The molecule has 0 bridgehead atoms. The van der Waals surface area contributed by atoms with Crippen LogP contribution in [0, 0.1) is 0 Å². The van der Waals surface area contributed by atoms with Gasteiger partial charge in [-0.25, -0.2) is 0 Å². The van der Waals surface area contributed by atoms with Crippen LogP contribution in [0.25, 0.3) is 0 Å². The van der Waals surface area contributed by atoms with Crippen LogP contribution in [0.5, 0.6) is 0 Å². The molecule has 98 valence electrons. The minimum atomic E-state index is -0.191. The molecule has 2 amide bonds. The van der Waals surface area contributed by atoms with Gasteiger partial charge in [-0.05, 0) is 26.0 Å². The van der Waals surface area contributed by atoms with Gasteiger partial charge in [0.05, 0.1) is 12.1 Å². The molecule has 5 heteroatoms. The van der Waals surface area contributed by atoms with E-state index in [1.807, 2.05) is 13.8 Å². The van der Waals surface area contributed by atoms with E-state index in [2.05, 4.69) is 4.98 Å². The van der Waals surface area contributed by atoms with Gasteiger partial charge in [-0.3, -0.25) is 14.6 Å². The molecule has 0 spiro atoms. The highest BCUT2D eigenvalue weighted by Crippen LogP contribution is 2.02. The van der Waals surface area contributed by atoms with Crippen molar-refractivity contribution in [3.63, 3.8) is 0 Å². The molecule has 1 heterocycles. The van der Waals surface area contributed by atoms with Crippen molar-refractivity contribution in [2.45, 2.75) is 13.8 Å². The molecule has 0 aliphatic rings. The Hall–Kier alpha value is -1.91. The lowest BCUT2D eigenvalue weighted by Gasteiger charge is -2.23. The molecule has 0 fully saturated rings. The SMILES string of the molecule is CCN(CC)C(=O)CN(C)C(=O)c1cccnc1. The maximum absolute atomic E-state index is 12.0. The number of pyridine rings is 1. The molecular weight excluding hydrogens is 230 g/mol. The van der Waals surface area contributed by atoms with Gasteiger partial charge >= 0.3 is 0 Å². The number of hydrogen-bond donors (Lipinski definition) is 0. The standard InChI is InChI=1S/C13H19N3O2/c1-4-16(5-2)12(17)10-15(3)13(18)11-7-6-8-14-9-11/h6-9H,4-5,10H2,1-3H3. The topological polar surface area (TPSA) is 53.5 Å². The van der Waals surface area contributed by atoms with Crippen LogP contribution in [0.1, 0.15) is 24.2 Å². The summed E-state index contributed by atoms with van der Waals surface area (Å²) in [4.78, 5) is 30.9. The summed E-state index contributed by atoms with van der Waals surface area (Å²) in [6, 6.07) is 3.39. The Balaban J connectivity index is 2.63. The zero-order valence-corrected chi connectivity index (χ0v) is 11.1. The van der Waals surface area contributed by atoms with Gasteiger partial charge in [0, 0.05) is 32.5 Å². The first kappa shape index (κ1) is 14.2. The first-order valence-electron chi connectivity index (χ1n) is 6.03. The highest BCUT2D eigenvalue weighted by Gasteiger charge is 2.17. The molecule has 0 unspecified atom stereocenters. The van der Waals surface area contributed by atoms with Crippen molar-refractivity contribution >= 4 is 11.8 Å². The molecule has 0 atom stereocenters. The minimum absolute atomic E-state index is 0.0419. The third-order valence-electron chi connectivity index (χ3n) is 2.74. The van der Waals surface area contributed by atoms with Crippen LogP contribution < -0.4 is 0 Å². The molecule has 1 aromatic heterocycles. The summed E-state index contributed by atoms with van der Waals surface area (Å²) in [6.45, 7) is 5.25. The maximum Gasteiger partial charge on any atom is 0.255 e. The average Bonchev–Trinajstić information content (AvgIpc) is 2.40. The van der Waals surface area contributed by atoms with Crippen LogP contribution in [0.3, 0.4) is 0 Å². The van der Waals surface area contributed by atoms with E-state index >= 15 is 0 Å². The first-order valence-corrected chi connectivity index (χ1v) is 6.03. The average molecular weight is 249 g/mol. The van der Waals surface area contributed by atoms with Crippen LogP contribution >= 0.6 is 0 Å². The summed E-state index contributed by atoms with van der Waals surface area (Å²) < 4.78 is 0. The van der Waals surface area contributed by atoms with E-state index in [1.54, 1.807) is 30.3 Å². The van der Waals surface area contributed by atoms with Crippen LogP contribution in [0.15, 0.2) is 24.5 Å². The van der Waals surface area contributed by atoms with Gasteiger partial charge < -0.3 is 9.80 Å². The number of carbonyl (C=O) groups excluding carboxylic acids is 2. The largest absolute Gasteiger partial charge is 0.342 e. The quantitative estimate of drug-likeness (QED) is 0.783. The van der Waals surface area contributed by atoms with Crippen molar-refractivity contribution < 1.29 is 9.59 Å². The Morgan fingerprint density at radius 2 is 1.94 bits per heavy atom. The van der Waals surface area contributed by atoms with Crippen LogP contribution in [-0.4, -0.2) is 53.3 Å². The van der Waals surface area contributed by atoms with E-state index in [-0.39, 0.29) is 18.4 Å².